The van der Waals surface area contributed by atoms with Gasteiger partial charge in [0.2, 0.25) is 5.39 Å². The molecule has 0 heterocycles. The van der Waals surface area contributed by atoms with Gasteiger partial charge in [0.25, 0.3) is 0 Å². The number of rotatable bonds is 58. The molecule has 0 fully saturated rings. The molecule has 0 spiro atoms. The van der Waals surface area contributed by atoms with Crippen LogP contribution >= 0.6 is 0 Å². The molecule has 4 aromatic rings. The fraction of sp³-hybridized carbons (Fsp3) is 0.647. The molecule has 4 aromatic carbocycles. The van der Waals surface area contributed by atoms with E-state index >= 15 is 0 Å². The van der Waals surface area contributed by atoms with Gasteiger partial charge in [-0.3, -0.25) is 0 Å². The Morgan fingerprint density at radius 1 is 0.287 bits per heavy atom. The zero-order valence-electron chi connectivity index (χ0n) is 56.3. The van der Waals surface area contributed by atoms with Crippen LogP contribution in [0.25, 0.3) is 4.98 Å². The van der Waals surface area contributed by atoms with Crippen LogP contribution in [-0.4, -0.2) is 281 Å². The molecule has 0 aromatic heterocycles. The largest absolute Gasteiger partial charge is 0.394 e. The summed E-state index contributed by atoms with van der Waals surface area (Å²) in [6.07, 6.45) is 4.27. The summed E-state index contributed by atoms with van der Waals surface area (Å²) in [5, 5.41) is 67.7. The number of ether oxygens (including phenoxy) is 14. The maximum Gasteiger partial charge on any atom is 0.385 e. The second-order valence-corrected chi connectivity index (χ2v) is 19.3. The normalized spacial score (nSPS) is 10.8. The fourth-order valence-corrected chi connectivity index (χ4v) is 7.42. The van der Waals surface area contributed by atoms with Crippen LogP contribution in [0.15, 0.2) is 125 Å². The van der Waals surface area contributed by atoms with Crippen LogP contribution in [0.2, 0.25) is 0 Å². The smallest absolute Gasteiger partial charge is 0.385 e. The van der Waals surface area contributed by atoms with Gasteiger partial charge in [-0.25, -0.2) is 0 Å². The summed E-state index contributed by atoms with van der Waals surface area (Å²) in [6, 6.07) is 37.4. The van der Waals surface area contributed by atoms with Crippen molar-refractivity contribution in [2.45, 2.75) is 39.5 Å². The van der Waals surface area contributed by atoms with E-state index in [0.717, 1.165) is 76.5 Å². The number of aliphatic hydroxyl groups is 6. The van der Waals surface area contributed by atoms with E-state index in [1.807, 2.05) is 66.7 Å². The highest BCUT2D eigenvalue weighted by atomic mass is 16.6. The first-order valence-corrected chi connectivity index (χ1v) is 32.7. The van der Waals surface area contributed by atoms with Crippen molar-refractivity contribution in [1.82, 2.24) is 0 Å². The number of diazo groups is 1. The van der Waals surface area contributed by atoms with E-state index in [0.29, 0.717) is 177 Å². The molecular formula is C68H115N6O20+. The van der Waals surface area contributed by atoms with Crippen molar-refractivity contribution in [1.29, 1.82) is 5.39 Å². The van der Waals surface area contributed by atoms with E-state index in [2.05, 4.69) is 75.2 Å². The van der Waals surface area contributed by atoms with Gasteiger partial charge in [0.1, 0.15) is 0 Å². The van der Waals surface area contributed by atoms with Crippen molar-refractivity contribution in [3.05, 3.63) is 120 Å². The van der Waals surface area contributed by atoms with Crippen LogP contribution in [0, 0.1) is 5.39 Å². The summed E-state index contributed by atoms with van der Waals surface area (Å²) in [7, 11) is 0. The minimum absolute atomic E-state index is 0.0359. The van der Waals surface area contributed by atoms with Crippen LogP contribution in [0.5, 0.6) is 0 Å². The van der Waals surface area contributed by atoms with E-state index in [9.17, 15) is 0 Å². The van der Waals surface area contributed by atoms with Gasteiger partial charge in [0.05, 0.1) is 223 Å². The standard InChI is InChI=1S/C22H31N3O3.C16H27NO3.2C12H26O7.C6H5N2/c1-2-25(14-6-7-16-27-18-19-28-17-15-26)22-12-10-21(11-13-22)24-23-20-8-4-3-5-9-20;1-2-17(16-8-4-3-5-9-16)10-6-7-12-19-14-15-20-13-11-18;2*13-1-3-15-5-7-17-9-11-19-12-10-18-8-6-16-4-2-14;7-8-6-4-2-1-3-5-6/h3-5,8-13,26H,2,6-7,14-19H2,1H3;3-5,8-9,18H,2,6-7,10-15H2,1H3;2*13-14H,1-12H2;1-5H/q;;;;+1. The second kappa shape index (κ2) is 75.1. The second-order valence-electron chi connectivity index (χ2n) is 19.3. The van der Waals surface area contributed by atoms with Gasteiger partial charge in [0.15, 0.2) is 4.98 Å². The Bertz CT molecular complexity index is 2090. The maximum atomic E-state index is 8.62. The van der Waals surface area contributed by atoms with Crippen LogP contribution < -0.4 is 9.80 Å². The Balaban J connectivity index is 0.00000119. The molecule has 0 saturated heterocycles. The molecule has 94 heavy (non-hydrogen) atoms. The van der Waals surface area contributed by atoms with Crippen molar-refractivity contribution < 1.29 is 97.0 Å². The number of hydrogen-bond acceptors (Lipinski definition) is 25. The van der Waals surface area contributed by atoms with Crippen LogP contribution in [0.4, 0.5) is 28.4 Å². The molecule has 0 aliphatic heterocycles. The van der Waals surface area contributed by atoms with Crippen LogP contribution in [-0.2, 0) is 66.3 Å². The SMILES string of the molecule is CCN(CCCCOCCOCCO)c1ccc(N=Nc2ccccc2)cc1.CCN(CCCCOCCOCCO)c1ccccc1.N#[N+]c1ccccc1.OCCOCCOCCOCCOCCOCCO.OCCOCCOCCOCCOCCOCCO. The molecule has 0 saturated carbocycles. The fourth-order valence-electron chi connectivity index (χ4n) is 7.42. The summed E-state index contributed by atoms with van der Waals surface area (Å²) >= 11 is 0. The Hall–Kier alpha value is -5.30. The van der Waals surface area contributed by atoms with Crippen molar-refractivity contribution in [3.8, 4) is 0 Å². The number of azo groups is 1. The molecule has 0 aliphatic rings. The molecule has 26 heteroatoms. The lowest BCUT2D eigenvalue weighted by molar-refractivity contribution is -0.0151. The highest BCUT2D eigenvalue weighted by Gasteiger charge is 2.06. The van der Waals surface area contributed by atoms with E-state index in [4.69, 9.17) is 102 Å². The Kier molecular flexibility index (Phi) is 70.9. The Morgan fingerprint density at radius 3 is 0.777 bits per heavy atom. The molecule has 0 unspecified atom stereocenters. The quantitative estimate of drug-likeness (QED) is 0.0143. The summed E-state index contributed by atoms with van der Waals surface area (Å²) in [4.78, 5) is 7.70. The minimum atomic E-state index is 0.0359. The van der Waals surface area contributed by atoms with E-state index < -0.39 is 0 Å². The van der Waals surface area contributed by atoms with Gasteiger partial charge in [-0.2, -0.15) is 10.2 Å². The Labute approximate surface area is 559 Å². The first-order valence-electron chi connectivity index (χ1n) is 32.7. The number of unbranched alkanes of at least 4 members (excludes halogenated alkanes) is 2. The lowest BCUT2D eigenvalue weighted by Gasteiger charge is -2.23. The lowest BCUT2D eigenvalue weighted by atomic mass is 10.2. The highest BCUT2D eigenvalue weighted by molar-refractivity contribution is 5.53. The number of aliphatic hydroxyl groups excluding tert-OH is 6. The van der Waals surface area contributed by atoms with Crippen molar-refractivity contribution in [3.63, 3.8) is 0 Å². The topological polar surface area (TPSA) is 310 Å². The van der Waals surface area contributed by atoms with Gasteiger partial charge < -0.3 is 107 Å². The molecule has 4 rings (SSSR count). The van der Waals surface area contributed by atoms with Crippen molar-refractivity contribution in [2.24, 2.45) is 10.2 Å². The molecule has 0 amide bonds. The first-order chi connectivity index (χ1) is 46.5. The monoisotopic (exact) mass is 1340 g/mol. The average Bonchev–Trinajstić information content (AvgIpc) is 1.40. The zero-order chi connectivity index (χ0) is 68.2. The third-order valence-electron chi connectivity index (χ3n) is 12.1. The number of benzene rings is 4. The van der Waals surface area contributed by atoms with Crippen LogP contribution in [0.1, 0.15) is 39.5 Å². The number of anilines is 2. The predicted molar refractivity (Wildman–Crippen MR) is 363 cm³/mol. The van der Waals surface area contributed by atoms with Gasteiger partial charge in [0, 0.05) is 62.9 Å². The van der Waals surface area contributed by atoms with E-state index in [1.165, 1.54) is 11.4 Å². The van der Waals surface area contributed by atoms with Gasteiger partial charge in [-0.05, 0) is 88.1 Å². The molecule has 536 valence electrons. The summed E-state index contributed by atoms with van der Waals surface area (Å²) in [5.41, 5.74) is 4.77. The first kappa shape index (κ1) is 88.7. The van der Waals surface area contributed by atoms with E-state index in [-0.39, 0.29) is 39.6 Å². The summed E-state index contributed by atoms with van der Waals surface area (Å²) in [6.45, 7) is 22.7. The van der Waals surface area contributed by atoms with E-state index in [1.54, 1.807) is 12.1 Å². The number of nitrogens with zero attached hydrogens (tertiary/aromatic N) is 6. The van der Waals surface area contributed by atoms with Crippen molar-refractivity contribution in [2.75, 3.05) is 261 Å². The summed E-state index contributed by atoms with van der Waals surface area (Å²) in [5.74, 6) is 0. The average molecular weight is 1340 g/mol. The third-order valence-corrected chi connectivity index (χ3v) is 12.1. The zero-order valence-corrected chi connectivity index (χ0v) is 56.3. The molecule has 0 radical (unpaired) electrons. The molecule has 0 atom stereocenters. The minimum Gasteiger partial charge on any atom is -0.394 e. The number of hydrogen-bond donors (Lipinski definition) is 6. The molecular weight excluding hydrogens is 1220 g/mol. The predicted octanol–water partition coefficient (Wildman–Crippen LogP) is 7.33. The molecule has 6 N–H and O–H groups in total. The van der Waals surface area contributed by atoms with Gasteiger partial charge >= 0.3 is 5.69 Å². The molecule has 26 nitrogen and oxygen atoms in total. The number of para-hydroxylation sites is 1. The van der Waals surface area contributed by atoms with Gasteiger partial charge in [-0.1, -0.05) is 54.6 Å². The maximum absolute atomic E-state index is 8.62. The van der Waals surface area contributed by atoms with Crippen molar-refractivity contribution >= 4 is 28.4 Å². The lowest BCUT2D eigenvalue weighted by Crippen LogP contribution is -2.24. The van der Waals surface area contributed by atoms with Crippen LogP contribution in [0.3, 0.4) is 0 Å². The third kappa shape index (κ3) is 61.6. The summed E-state index contributed by atoms with van der Waals surface area (Å²) < 4.78 is 72.9. The molecule has 0 aliphatic carbocycles. The molecule has 0 bridgehead atoms. The Morgan fingerprint density at radius 2 is 0.521 bits per heavy atom. The van der Waals surface area contributed by atoms with Gasteiger partial charge in [-0.15, -0.1) is 0 Å². The highest BCUT2D eigenvalue weighted by Crippen LogP contribution is 2.23.